The third kappa shape index (κ3) is 18.3. The number of unbranched alkanes of at least 4 members (excludes halogenated alkanes) is 30. The number of aromatic amines is 1. The summed E-state index contributed by atoms with van der Waals surface area (Å²) in [5.74, 6) is 0. The van der Waals surface area contributed by atoms with Gasteiger partial charge in [-0.25, -0.2) is 0 Å². The van der Waals surface area contributed by atoms with E-state index in [2.05, 4.69) is 55.2 Å². The van der Waals surface area contributed by atoms with Gasteiger partial charge in [0, 0.05) is 21.8 Å². The van der Waals surface area contributed by atoms with Crippen molar-refractivity contribution in [3.8, 4) is 0 Å². The van der Waals surface area contributed by atoms with Crippen molar-refractivity contribution >= 4 is 21.8 Å². The molecule has 278 valence electrons. The van der Waals surface area contributed by atoms with Gasteiger partial charge < -0.3 is 4.98 Å². The molecule has 0 amide bonds. The fraction of sp³-hybridized carbons (Fsp3) is 0.750. The standard InChI is InChI=1S/C48H81N/c1-3-5-7-9-11-13-15-17-19-21-23-25-27-29-31-33-37-43-41-42-46-45-39-35-36-40-47(45)49-48(46)44(43)38-34-32-30-28-26-24-22-20-18-16-14-12-10-8-6-4-2/h35-36,39-42,49H,3-34,37-38H2,1-2H3. The van der Waals surface area contributed by atoms with Crippen molar-refractivity contribution in [2.75, 3.05) is 0 Å². The molecule has 0 saturated heterocycles. The molecule has 1 heteroatoms. The zero-order valence-electron chi connectivity index (χ0n) is 33.0. The second kappa shape index (κ2) is 28.9. The van der Waals surface area contributed by atoms with E-state index in [1.165, 1.54) is 240 Å². The lowest BCUT2D eigenvalue weighted by atomic mass is 9.94. The molecule has 0 aliphatic carbocycles. The third-order valence-corrected chi connectivity index (χ3v) is 11.5. The molecule has 3 rings (SSSR count). The zero-order chi connectivity index (χ0) is 34.5. The molecule has 0 aliphatic heterocycles. The number of para-hydroxylation sites is 1. The molecule has 1 nitrogen and oxygen atoms in total. The van der Waals surface area contributed by atoms with Crippen molar-refractivity contribution in [2.24, 2.45) is 0 Å². The number of nitrogens with one attached hydrogen (secondary N) is 1. The molecule has 0 bridgehead atoms. The summed E-state index contributed by atoms with van der Waals surface area (Å²) in [6.45, 7) is 4.62. The maximum absolute atomic E-state index is 3.85. The highest BCUT2D eigenvalue weighted by Crippen LogP contribution is 2.31. The molecular formula is C48H81N. The molecule has 0 radical (unpaired) electrons. The lowest BCUT2D eigenvalue weighted by Crippen LogP contribution is -1.97. The fourth-order valence-corrected chi connectivity index (χ4v) is 8.25. The number of aryl methyl sites for hydroxylation is 2. The van der Waals surface area contributed by atoms with Crippen molar-refractivity contribution in [1.29, 1.82) is 0 Å². The van der Waals surface area contributed by atoms with E-state index >= 15 is 0 Å². The van der Waals surface area contributed by atoms with Crippen LogP contribution in [0.15, 0.2) is 36.4 Å². The Kier molecular flexibility index (Phi) is 24.6. The van der Waals surface area contributed by atoms with Crippen LogP contribution in [0.1, 0.15) is 230 Å². The minimum absolute atomic E-state index is 1.23. The smallest absolute Gasteiger partial charge is 0.0500 e. The molecule has 0 fully saturated rings. The molecule has 1 heterocycles. The average molecular weight is 672 g/mol. The second-order valence-electron chi connectivity index (χ2n) is 15.9. The Morgan fingerprint density at radius 1 is 0.347 bits per heavy atom. The van der Waals surface area contributed by atoms with Gasteiger partial charge in [-0.2, -0.15) is 0 Å². The molecule has 2 aromatic carbocycles. The molecule has 49 heavy (non-hydrogen) atoms. The highest BCUT2D eigenvalue weighted by Gasteiger charge is 2.12. The Morgan fingerprint density at radius 3 is 1.14 bits per heavy atom. The van der Waals surface area contributed by atoms with Crippen molar-refractivity contribution in [3.63, 3.8) is 0 Å². The number of hydrogen-bond donors (Lipinski definition) is 1. The predicted octanol–water partition coefficient (Wildman–Crippen LogP) is 16.9. The van der Waals surface area contributed by atoms with Crippen LogP contribution in [0.3, 0.4) is 0 Å². The first-order valence-electron chi connectivity index (χ1n) is 22.4. The molecular weight excluding hydrogens is 591 g/mol. The quantitative estimate of drug-likeness (QED) is 0.0608. The van der Waals surface area contributed by atoms with Crippen LogP contribution >= 0.6 is 0 Å². The normalized spacial score (nSPS) is 11.8. The van der Waals surface area contributed by atoms with E-state index in [9.17, 15) is 0 Å². The van der Waals surface area contributed by atoms with Crippen molar-refractivity contribution in [1.82, 2.24) is 4.98 Å². The van der Waals surface area contributed by atoms with Crippen LogP contribution in [0.2, 0.25) is 0 Å². The van der Waals surface area contributed by atoms with E-state index in [0.717, 1.165) is 0 Å². The van der Waals surface area contributed by atoms with Crippen LogP contribution in [-0.4, -0.2) is 4.98 Å². The first-order chi connectivity index (χ1) is 24.3. The van der Waals surface area contributed by atoms with E-state index in [-0.39, 0.29) is 0 Å². The number of benzene rings is 2. The summed E-state index contributed by atoms with van der Waals surface area (Å²) in [7, 11) is 0. The molecule has 0 aliphatic rings. The molecule has 0 saturated carbocycles. The van der Waals surface area contributed by atoms with Crippen molar-refractivity contribution in [2.45, 2.75) is 232 Å². The van der Waals surface area contributed by atoms with Gasteiger partial charge in [0.25, 0.3) is 0 Å². The van der Waals surface area contributed by atoms with Gasteiger partial charge in [-0.1, -0.05) is 237 Å². The maximum Gasteiger partial charge on any atom is 0.0500 e. The van der Waals surface area contributed by atoms with E-state index in [4.69, 9.17) is 0 Å². The summed E-state index contributed by atoms with van der Waals surface area (Å²) in [5.41, 5.74) is 5.96. The van der Waals surface area contributed by atoms with Crippen LogP contribution in [0.4, 0.5) is 0 Å². The molecule has 3 aromatic rings. The number of aromatic nitrogens is 1. The Labute approximate surface area is 305 Å². The SMILES string of the molecule is CCCCCCCCCCCCCCCCCCc1ccc2c([nH]c3ccccc32)c1CCCCCCCCCCCCCCCCCC. The summed E-state index contributed by atoms with van der Waals surface area (Å²) in [5, 5.41) is 2.82. The van der Waals surface area contributed by atoms with E-state index in [1.807, 2.05) is 0 Å². The van der Waals surface area contributed by atoms with Gasteiger partial charge in [-0.3, -0.25) is 0 Å². The molecule has 0 spiro atoms. The summed E-state index contributed by atoms with van der Waals surface area (Å²) in [4.78, 5) is 3.85. The van der Waals surface area contributed by atoms with Gasteiger partial charge in [-0.15, -0.1) is 0 Å². The molecule has 1 N–H and O–H groups in total. The largest absolute Gasteiger partial charge is 0.354 e. The molecule has 0 atom stereocenters. The van der Waals surface area contributed by atoms with Gasteiger partial charge in [0.05, 0.1) is 0 Å². The van der Waals surface area contributed by atoms with E-state index < -0.39 is 0 Å². The fourth-order valence-electron chi connectivity index (χ4n) is 8.25. The molecule has 0 unspecified atom stereocenters. The van der Waals surface area contributed by atoms with Gasteiger partial charge in [0.15, 0.2) is 0 Å². The number of H-pyrrole nitrogens is 1. The summed E-state index contributed by atoms with van der Waals surface area (Å²) < 4.78 is 0. The van der Waals surface area contributed by atoms with Crippen LogP contribution in [-0.2, 0) is 12.8 Å². The highest BCUT2D eigenvalue weighted by atomic mass is 14.7. The van der Waals surface area contributed by atoms with Crippen LogP contribution in [0.25, 0.3) is 21.8 Å². The summed E-state index contributed by atoms with van der Waals surface area (Å²) >= 11 is 0. The number of fused-ring (bicyclic) bond motifs is 3. The monoisotopic (exact) mass is 672 g/mol. The van der Waals surface area contributed by atoms with Gasteiger partial charge in [-0.05, 0) is 42.9 Å². The van der Waals surface area contributed by atoms with Gasteiger partial charge >= 0.3 is 0 Å². The van der Waals surface area contributed by atoms with Crippen molar-refractivity contribution < 1.29 is 0 Å². The predicted molar refractivity (Wildman–Crippen MR) is 222 cm³/mol. The van der Waals surface area contributed by atoms with E-state index in [0.29, 0.717) is 0 Å². The second-order valence-corrected chi connectivity index (χ2v) is 15.9. The Hall–Kier alpha value is -1.76. The summed E-state index contributed by atoms with van der Waals surface area (Å²) in [6.07, 6.45) is 48.5. The molecule has 1 aromatic heterocycles. The maximum atomic E-state index is 3.85. The lowest BCUT2D eigenvalue weighted by Gasteiger charge is -2.12. The Balaban J connectivity index is 1.27. The Bertz CT molecular complexity index is 1170. The minimum Gasteiger partial charge on any atom is -0.354 e. The minimum atomic E-state index is 1.23. The lowest BCUT2D eigenvalue weighted by molar-refractivity contribution is 0.528. The average Bonchev–Trinajstić information content (AvgIpc) is 3.50. The third-order valence-electron chi connectivity index (χ3n) is 11.5. The van der Waals surface area contributed by atoms with E-state index in [1.54, 1.807) is 11.1 Å². The van der Waals surface area contributed by atoms with Gasteiger partial charge in [0.2, 0.25) is 0 Å². The van der Waals surface area contributed by atoms with Crippen LogP contribution in [0.5, 0.6) is 0 Å². The van der Waals surface area contributed by atoms with Crippen LogP contribution < -0.4 is 0 Å². The first-order valence-corrected chi connectivity index (χ1v) is 22.4. The number of hydrogen-bond acceptors (Lipinski definition) is 0. The first kappa shape index (κ1) is 41.7. The number of rotatable bonds is 34. The zero-order valence-corrected chi connectivity index (χ0v) is 33.0. The van der Waals surface area contributed by atoms with Crippen molar-refractivity contribution in [3.05, 3.63) is 47.5 Å². The summed E-state index contributed by atoms with van der Waals surface area (Å²) in [6, 6.07) is 13.8. The Morgan fingerprint density at radius 2 is 0.714 bits per heavy atom. The van der Waals surface area contributed by atoms with Crippen LogP contribution in [0, 0.1) is 0 Å². The highest BCUT2D eigenvalue weighted by molar-refractivity contribution is 6.08. The van der Waals surface area contributed by atoms with Gasteiger partial charge in [0.1, 0.15) is 0 Å². The topological polar surface area (TPSA) is 15.8 Å².